The van der Waals surface area contributed by atoms with E-state index >= 15 is 0 Å². The van der Waals surface area contributed by atoms with Crippen LogP contribution in [0.2, 0.25) is 0 Å². The molecule has 2 saturated heterocycles. The lowest BCUT2D eigenvalue weighted by Gasteiger charge is -2.37. The molecule has 0 aromatic heterocycles. The topological polar surface area (TPSA) is 47.1 Å². The van der Waals surface area contributed by atoms with Gasteiger partial charge in [0.1, 0.15) is 6.04 Å². The maximum absolute atomic E-state index is 13.5. The Labute approximate surface area is 194 Å². The third-order valence-electron chi connectivity index (χ3n) is 6.43. The highest BCUT2D eigenvalue weighted by atomic mass is 16.2. The van der Waals surface area contributed by atoms with E-state index in [1.165, 1.54) is 10.6 Å². The average molecular weight is 441 g/mol. The smallest absolute Gasteiger partial charge is 0.329 e. The molecule has 2 fully saturated rings. The van der Waals surface area contributed by atoms with Crippen molar-refractivity contribution in [1.82, 2.24) is 14.7 Å². The van der Waals surface area contributed by atoms with Gasteiger partial charge in [-0.25, -0.2) is 9.69 Å². The van der Waals surface area contributed by atoms with E-state index in [1.54, 1.807) is 4.90 Å². The fourth-order valence-corrected chi connectivity index (χ4v) is 4.65. The van der Waals surface area contributed by atoms with Crippen LogP contribution in [-0.4, -0.2) is 59.5 Å². The molecule has 3 amide bonds. The first kappa shape index (κ1) is 21.2. The van der Waals surface area contributed by atoms with Gasteiger partial charge in [-0.15, -0.1) is 0 Å². The monoisotopic (exact) mass is 440 g/mol. The Morgan fingerprint density at radius 1 is 0.697 bits per heavy atom. The van der Waals surface area contributed by atoms with Crippen molar-refractivity contribution in [2.24, 2.45) is 0 Å². The summed E-state index contributed by atoms with van der Waals surface area (Å²) in [7, 11) is 0. The molecule has 2 heterocycles. The Morgan fingerprint density at radius 2 is 1.27 bits per heavy atom. The van der Waals surface area contributed by atoms with E-state index in [1.807, 2.05) is 78.9 Å². The summed E-state index contributed by atoms with van der Waals surface area (Å²) in [5.74, 6) is -0.146. The number of imide groups is 1. The molecule has 1 atom stereocenters. The lowest BCUT2D eigenvalue weighted by atomic mass is 10.1. The van der Waals surface area contributed by atoms with Crippen molar-refractivity contribution in [2.75, 3.05) is 37.7 Å². The lowest BCUT2D eigenvalue weighted by molar-refractivity contribution is -0.130. The lowest BCUT2D eigenvalue weighted by Crippen LogP contribution is -2.51. The first-order valence-electron chi connectivity index (χ1n) is 11.4. The zero-order valence-electron chi connectivity index (χ0n) is 18.6. The van der Waals surface area contributed by atoms with E-state index in [-0.39, 0.29) is 11.9 Å². The van der Waals surface area contributed by atoms with E-state index in [9.17, 15) is 9.59 Å². The zero-order chi connectivity index (χ0) is 22.6. The minimum atomic E-state index is -0.593. The number of para-hydroxylation sites is 1. The van der Waals surface area contributed by atoms with Gasteiger partial charge in [0.15, 0.2) is 0 Å². The van der Waals surface area contributed by atoms with Crippen molar-refractivity contribution in [1.29, 1.82) is 0 Å². The summed E-state index contributed by atoms with van der Waals surface area (Å²) in [6.07, 6.45) is 0. The van der Waals surface area contributed by atoms with E-state index in [2.05, 4.69) is 21.9 Å². The Morgan fingerprint density at radius 3 is 1.91 bits per heavy atom. The molecular weight excluding hydrogens is 412 g/mol. The summed E-state index contributed by atoms with van der Waals surface area (Å²) in [6.45, 7) is 4.09. The van der Waals surface area contributed by atoms with Crippen LogP contribution in [0.3, 0.4) is 0 Å². The molecule has 0 N–H and O–H groups in total. The predicted octanol–water partition coefficient (Wildman–Crippen LogP) is 3.97. The number of urea groups is 1. The van der Waals surface area contributed by atoms with Crippen LogP contribution in [0, 0.1) is 0 Å². The van der Waals surface area contributed by atoms with Crippen LogP contribution in [0.4, 0.5) is 10.5 Å². The highest BCUT2D eigenvalue weighted by molar-refractivity contribution is 6.04. The van der Waals surface area contributed by atoms with Crippen LogP contribution in [-0.2, 0) is 11.3 Å². The number of rotatable bonds is 6. The van der Waals surface area contributed by atoms with Gasteiger partial charge in [0.25, 0.3) is 5.91 Å². The molecule has 2 aliphatic heterocycles. The van der Waals surface area contributed by atoms with Crippen LogP contribution in [0.5, 0.6) is 0 Å². The SMILES string of the molecule is O=C1[C@H](c2ccccc2)N(Cc2ccccc2)C(=O)N1CN1CCN(c2ccccc2)CC1. The molecule has 0 aliphatic carbocycles. The largest absolute Gasteiger partial charge is 0.369 e. The van der Waals surface area contributed by atoms with Gasteiger partial charge in [-0.3, -0.25) is 9.69 Å². The van der Waals surface area contributed by atoms with E-state index < -0.39 is 6.04 Å². The molecule has 3 aromatic rings. The molecule has 0 saturated carbocycles. The molecule has 3 aromatic carbocycles. The third kappa shape index (κ3) is 4.47. The van der Waals surface area contributed by atoms with Crippen LogP contribution in [0.25, 0.3) is 0 Å². The summed E-state index contributed by atoms with van der Waals surface area (Å²) in [4.78, 5) is 34.6. The van der Waals surface area contributed by atoms with Crippen molar-refractivity contribution in [3.63, 3.8) is 0 Å². The maximum Gasteiger partial charge on any atom is 0.329 e. The Hall–Kier alpha value is -3.64. The van der Waals surface area contributed by atoms with Crippen LogP contribution >= 0.6 is 0 Å². The van der Waals surface area contributed by atoms with Gasteiger partial charge in [0.05, 0.1) is 6.67 Å². The number of carbonyl (C=O) groups is 2. The molecule has 33 heavy (non-hydrogen) atoms. The second-order valence-electron chi connectivity index (χ2n) is 8.56. The molecular formula is C27H28N4O2. The van der Waals surface area contributed by atoms with Gasteiger partial charge in [-0.05, 0) is 23.3 Å². The summed E-state index contributed by atoms with van der Waals surface area (Å²) < 4.78 is 0. The quantitative estimate of drug-likeness (QED) is 0.544. The molecule has 5 rings (SSSR count). The number of anilines is 1. The molecule has 2 aliphatic rings. The minimum absolute atomic E-state index is 0.146. The number of hydrogen-bond acceptors (Lipinski definition) is 4. The molecule has 0 bridgehead atoms. The Balaban J connectivity index is 1.31. The van der Waals surface area contributed by atoms with Gasteiger partial charge in [0.2, 0.25) is 0 Å². The predicted molar refractivity (Wildman–Crippen MR) is 129 cm³/mol. The minimum Gasteiger partial charge on any atom is -0.369 e. The first-order chi connectivity index (χ1) is 16.2. The molecule has 0 unspecified atom stereocenters. The number of nitrogens with zero attached hydrogens (tertiary/aromatic N) is 4. The van der Waals surface area contributed by atoms with E-state index in [0.29, 0.717) is 13.2 Å². The van der Waals surface area contributed by atoms with Crippen molar-refractivity contribution in [3.05, 3.63) is 102 Å². The van der Waals surface area contributed by atoms with Crippen LogP contribution in [0.1, 0.15) is 17.2 Å². The standard InChI is InChI=1S/C27H28N4O2/c32-26-25(23-12-6-2-7-13-23)30(20-22-10-4-1-5-11-22)27(33)31(26)21-28-16-18-29(19-17-28)24-14-8-3-9-15-24/h1-15,25H,16-21H2/t25-/m0/s1. The number of hydrogen-bond donors (Lipinski definition) is 0. The molecule has 6 nitrogen and oxygen atoms in total. The normalized spacial score (nSPS) is 19.4. The van der Waals surface area contributed by atoms with Gasteiger partial charge >= 0.3 is 6.03 Å². The Kier molecular flexibility index (Phi) is 6.09. The second kappa shape index (κ2) is 9.46. The number of piperazine rings is 1. The molecule has 168 valence electrons. The summed E-state index contributed by atoms with van der Waals surface area (Å²) in [5, 5.41) is 0. The van der Waals surface area contributed by atoms with Crippen molar-refractivity contribution in [2.45, 2.75) is 12.6 Å². The van der Waals surface area contributed by atoms with Gasteiger partial charge in [-0.1, -0.05) is 78.9 Å². The van der Waals surface area contributed by atoms with E-state index in [4.69, 9.17) is 0 Å². The van der Waals surface area contributed by atoms with Crippen LogP contribution < -0.4 is 4.90 Å². The third-order valence-corrected chi connectivity index (χ3v) is 6.43. The van der Waals surface area contributed by atoms with E-state index in [0.717, 1.165) is 37.3 Å². The van der Waals surface area contributed by atoms with Gasteiger partial charge < -0.3 is 9.80 Å². The fraction of sp³-hybridized carbons (Fsp3) is 0.259. The first-order valence-corrected chi connectivity index (χ1v) is 11.4. The van der Waals surface area contributed by atoms with Crippen molar-refractivity contribution in [3.8, 4) is 0 Å². The number of amides is 3. The molecule has 6 heteroatoms. The summed E-state index contributed by atoms with van der Waals surface area (Å²) >= 11 is 0. The van der Waals surface area contributed by atoms with Crippen molar-refractivity contribution >= 4 is 17.6 Å². The second-order valence-corrected chi connectivity index (χ2v) is 8.56. The zero-order valence-corrected chi connectivity index (χ0v) is 18.6. The number of benzene rings is 3. The summed E-state index contributed by atoms with van der Waals surface area (Å²) in [6, 6.07) is 29.0. The average Bonchev–Trinajstić information content (AvgIpc) is 3.10. The molecule has 0 spiro atoms. The fourth-order valence-electron chi connectivity index (χ4n) is 4.65. The summed E-state index contributed by atoms with van der Waals surface area (Å²) in [5.41, 5.74) is 3.07. The van der Waals surface area contributed by atoms with Gasteiger partial charge in [-0.2, -0.15) is 0 Å². The van der Waals surface area contributed by atoms with Crippen molar-refractivity contribution < 1.29 is 9.59 Å². The van der Waals surface area contributed by atoms with Gasteiger partial charge in [0, 0.05) is 38.4 Å². The van der Waals surface area contributed by atoms with Crippen LogP contribution in [0.15, 0.2) is 91.0 Å². The Bertz CT molecular complexity index is 1080. The number of carbonyl (C=O) groups excluding carboxylic acids is 2. The maximum atomic E-state index is 13.5. The highest BCUT2D eigenvalue weighted by Crippen LogP contribution is 2.32. The molecule has 0 radical (unpaired) electrons. The highest BCUT2D eigenvalue weighted by Gasteiger charge is 2.46.